The Morgan fingerprint density at radius 2 is 1.06 bits per heavy atom. The monoisotopic (exact) mass is 679 g/mol. The third-order valence-corrected chi connectivity index (χ3v) is 11.4. The Hall–Kier alpha value is -6.73. The Labute approximate surface area is 305 Å². The zero-order valence-electron chi connectivity index (χ0n) is 28.0. The lowest BCUT2D eigenvalue weighted by atomic mass is 9.84. The number of nitriles is 1. The topological polar surface area (TPSA) is 36.9 Å². The molecule has 242 valence electrons. The van der Waals surface area contributed by atoms with Crippen LogP contribution in [-0.2, 0) is 0 Å². The van der Waals surface area contributed by atoms with Gasteiger partial charge in [-0.3, -0.25) is 0 Å². The Morgan fingerprint density at radius 3 is 1.96 bits per heavy atom. The van der Waals surface area contributed by atoms with Crippen LogP contribution in [0.25, 0.3) is 97.7 Å². The Bertz CT molecular complexity index is 3030. The van der Waals surface area contributed by atoms with Crippen molar-refractivity contribution in [2.24, 2.45) is 0 Å². The summed E-state index contributed by atoms with van der Waals surface area (Å²) in [6.07, 6.45) is 0. The quantitative estimate of drug-likeness (QED) is 0.182. The summed E-state index contributed by atoms with van der Waals surface area (Å²) in [5, 5.41) is 14.9. The van der Waals surface area contributed by atoms with Crippen LogP contribution >= 0.6 is 11.3 Å². The fraction of sp³-hybridized carbons (Fsp3) is 0. The second kappa shape index (κ2) is 12.2. The molecule has 52 heavy (non-hydrogen) atoms. The van der Waals surface area contributed by atoms with Crippen molar-refractivity contribution in [3.05, 3.63) is 181 Å². The van der Waals surface area contributed by atoms with Crippen LogP contribution in [0.4, 0.5) is 0 Å². The summed E-state index contributed by atoms with van der Waals surface area (Å²) in [6.45, 7) is 0. The number of nitrogens with zero attached hydrogens (tertiary/aromatic N) is 1. The molecule has 0 fully saturated rings. The minimum Gasteiger partial charge on any atom is -0.456 e. The van der Waals surface area contributed by atoms with Crippen LogP contribution in [-0.4, -0.2) is 0 Å². The van der Waals surface area contributed by atoms with Gasteiger partial charge in [0.1, 0.15) is 11.2 Å². The van der Waals surface area contributed by atoms with E-state index in [0.29, 0.717) is 5.56 Å². The van der Waals surface area contributed by atoms with Crippen molar-refractivity contribution < 1.29 is 4.42 Å². The summed E-state index contributed by atoms with van der Waals surface area (Å²) in [4.78, 5) is 0. The van der Waals surface area contributed by atoms with Crippen molar-refractivity contribution in [3.8, 4) is 61.7 Å². The van der Waals surface area contributed by atoms with Gasteiger partial charge in [-0.2, -0.15) is 5.26 Å². The zero-order valence-corrected chi connectivity index (χ0v) is 28.8. The van der Waals surface area contributed by atoms with E-state index in [1.165, 1.54) is 25.7 Å². The van der Waals surface area contributed by atoms with Crippen molar-refractivity contribution in [2.75, 3.05) is 0 Å². The molecule has 0 amide bonds. The molecule has 3 heteroatoms. The first kappa shape index (κ1) is 30.1. The maximum Gasteiger partial charge on any atom is 0.135 e. The van der Waals surface area contributed by atoms with Crippen LogP contribution in [0.1, 0.15) is 5.56 Å². The van der Waals surface area contributed by atoms with E-state index in [1.807, 2.05) is 47.7 Å². The molecular weight excluding hydrogens is 651 g/mol. The molecule has 10 rings (SSSR count). The lowest BCUT2D eigenvalue weighted by Crippen LogP contribution is -1.93. The highest BCUT2D eigenvalue weighted by atomic mass is 32.1. The molecule has 0 aliphatic rings. The third kappa shape index (κ3) is 4.93. The third-order valence-electron chi connectivity index (χ3n) is 10.1. The van der Waals surface area contributed by atoms with Gasteiger partial charge in [0.05, 0.1) is 11.6 Å². The molecule has 0 aliphatic heterocycles. The molecule has 2 nitrogen and oxygen atoms in total. The van der Waals surface area contributed by atoms with Gasteiger partial charge in [-0.15, -0.1) is 11.3 Å². The summed E-state index contributed by atoms with van der Waals surface area (Å²) in [6, 6.07) is 64.5. The van der Waals surface area contributed by atoms with Crippen molar-refractivity contribution in [2.45, 2.75) is 0 Å². The molecule has 2 heterocycles. The van der Waals surface area contributed by atoms with Crippen molar-refractivity contribution in [1.82, 2.24) is 0 Å². The van der Waals surface area contributed by atoms with Crippen LogP contribution in [0.2, 0.25) is 0 Å². The fourth-order valence-corrected chi connectivity index (χ4v) is 8.97. The number of para-hydroxylation sites is 1. The summed E-state index contributed by atoms with van der Waals surface area (Å²) in [7, 11) is 0. The zero-order chi connectivity index (χ0) is 34.6. The van der Waals surface area contributed by atoms with E-state index in [2.05, 4.69) is 146 Å². The molecule has 0 aliphatic carbocycles. The van der Waals surface area contributed by atoms with Crippen molar-refractivity contribution >= 4 is 53.4 Å². The Morgan fingerprint density at radius 1 is 0.404 bits per heavy atom. The number of hydrogen-bond donors (Lipinski definition) is 0. The summed E-state index contributed by atoms with van der Waals surface area (Å²) in [5.41, 5.74) is 13.4. The number of benzene rings is 8. The minimum absolute atomic E-state index is 0.652. The van der Waals surface area contributed by atoms with Crippen LogP contribution < -0.4 is 0 Å². The van der Waals surface area contributed by atoms with Gasteiger partial charge >= 0.3 is 0 Å². The van der Waals surface area contributed by atoms with Crippen molar-refractivity contribution in [3.63, 3.8) is 0 Å². The summed E-state index contributed by atoms with van der Waals surface area (Å²) >= 11 is 1.85. The van der Waals surface area contributed by atoms with Gasteiger partial charge in [-0.05, 0) is 98.6 Å². The highest BCUT2D eigenvalue weighted by Gasteiger charge is 2.20. The highest BCUT2D eigenvalue weighted by Crippen LogP contribution is 2.47. The van der Waals surface area contributed by atoms with Gasteiger partial charge in [0.2, 0.25) is 0 Å². The highest BCUT2D eigenvalue weighted by molar-refractivity contribution is 7.26. The maximum absolute atomic E-state index is 10.2. The van der Waals surface area contributed by atoms with E-state index in [0.717, 1.165) is 72.0 Å². The van der Waals surface area contributed by atoms with Crippen molar-refractivity contribution in [1.29, 1.82) is 5.26 Å². The largest absolute Gasteiger partial charge is 0.456 e. The van der Waals surface area contributed by atoms with E-state index in [1.54, 1.807) is 0 Å². The fourth-order valence-electron chi connectivity index (χ4n) is 7.74. The number of furan rings is 1. The van der Waals surface area contributed by atoms with E-state index < -0.39 is 0 Å². The summed E-state index contributed by atoms with van der Waals surface area (Å²) < 4.78 is 8.80. The van der Waals surface area contributed by atoms with E-state index in [4.69, 9.17) is 4.42 Å². The van der Waals surface area contributed by atoms with Gasteiger partial charge in [0.25, 0.3) is 0 Å². The molecule has 2 aromatic heterocycles. The first-order valence-corrected chi connectivity index (χ1v) is 18.2. The van der Waals surface area contributed by atoms with Gasteiger partial charge < -0.3 is 4.42 Å². The molecule has 0 unspecified atom stereocenters. The SMILES string of the molecule is N#Cc1ccccc1-c1cc(-c2ccccc2)cc(-c2c(-c3ccc4oc5ccccc5c4c3)cccc2-c2cccc3c2sc2ccccc23)c1. The first-order valence-electron chi connectivity index (χ1n) is 17.4. The predicted octanol–water partition coefficient (Wildman–Crippen LogP) is 14.2. The lowest BCUT2D eigenvalue weighted by Gasteiger charge is -2.19. The number of rotatable bonds is 5. The lowest BCUT2D eigenvalue weighted by molar-refractivity contribution is 0.669. The average molecular weight is 680 g/mol. The minimum atomic E-state index is 0.652. The van der Waals surface area contributed by atoms with E-state index in [9.17, 15) is 5.26 Å². The van der Waals surface area contributed by atoms with Crippen LogP contribution in [0.3, 0.4) is 0 Å². The molecule has 0 saturated heterocycles. The van der Waals surface area contributed by atoms with E-state index >= 15 is 0 Å². The van der Waals surface area contributed by atoms with Gasteiger partial charge in [0.15, 0.2) is 0 Å². The molecule has 10 aromatic rings. The molecule has 8 aromatic carbocycles. The number of fused-ring (bicyclic) bond motifs is 6. The maximum atomic E-state index is 10.2. The van der Waals surface area contributed by atoms with Crippen LogP contribution in [0.5, 0.6) is 0 Å². The predicted molar refractivity (Wildman–Crippen MR) is 219 cm³/mol. The summed E-state index contributed by atoms with van der Waals surface area (Å²) in [5.74, 6) is 0. The normalized spacial score (nSPS) is 11.4. The van der Waals surface area contributed by atoms with Gasteiger partial charge in [0, 0.05) is 36.5 Å². The number of hydrogen-bond acceptors (Lipinski definition) is 3. The van der Waals surface area contributed by atoms with E-state index in [-0.39, 0.29) is 0 Å². The molecule has 0 radical (unpaired) electrons. The second-order valence-electron chi connectivity index (χ2n) is 13.1. The molecule has 0 N–H and O–H groups in total. The van der Waals surface area contributed by atoms with Crippen LogP contribution in [0, 0.1) is 11.3 Å². The van der Waals surface area contributed by atoms with Crippen LogP contribution in [0.15, 0.2) is 180 Å². The standard InChI is InChI=1S/C49H29NOS/c50-30-33-14-4-5-15-37(33)35-26-34(31-12-2-1-3-13-31)27-36(28-35)48-38(32-24-25-46-44(29-32)39-16-6-8-22-45(39)51-46)18-10-19-41(48)43-21-11-20-42-40-17-7-9-23-47(40)52-49(42)43/h1-29H. The van der Waals surface area contributed by atoms with Gasteiger partial charge in [-0.25, -0.2) is 0 Å². The average Bonchev–Trinajstić information content (AvgIpc) is 3.79. The Kier molecular flexibility index (Phi) is 7.09. The number of thiophene rings is 1. The molecule has 0 saturated carbocycles. The van der Waals surface area contributed by atoms with Gasteiger partial charge in [-0.1, -0.05) is 127 Å². The first-order chi connectivity index (χ1) is 25.7. The molecule has 0 bridgehead atoms. The molecule has 0 atom stereocenters. The second-order valence-corrected chi connectivity index (χ2v) is 14.2. The smallest absolute Gasteiger partial charge is 0.135 e. The Balaban J connectivity index is 1.31. The molecule has 0 spiro atoms. The molecular formula is C49H29NOS.